The second-order valence-corrected chi connectivity index (χ2v) is 6.55. The van der Waals surface area contributed by atoms with E-state index in [-0.39, 0.29) is 18.8 Å². The molecule has 3 aromatic rings. The quantitative estimate of drug-likeness (QED) is 0.331. The Bertz CT molecular complexity index is 856. The van der Waals surface area contributed by atoms with Crippen molar-refractivity contribution in [2.24, 2.45) is 0 Å². The van der Waals surface area contributed by atoms with Crippen molar-refractivity contribution in [3.05, 3.63) is 88.1 Å². The average molecular weight is 366 g/mol. The molecule has 0 spiro atoms. The van der Waals surface area contributed by atoms with Gasteiger partial charge in [-0.25, -0.2) is 0 Å². The fraction of sp³-hybridized carbons (Fsp3) is 0.143. The Morgan fingerprint density at radius 3 is 2.08 bits per heavy atom. The highest BCUT2D eigenvalue weighted by Gasteiger charge is 2.19. The third-order valence-corrected chi connectivity index (χ3v) is 4.60. The molecule has 0 saturated heterocycles. The lowest BCUT2D eigenvalue weighted by Gasteiger charge is -2.07. The van der Waals surface area contributed by atoms with Crippen LogP contribution in [-0.2, 0) is 22.7 Å². The standard InChI is InChI=1S/C21H18O4S/c22-18(13-20(23)25-15-17-9-5-2-6-10-17)21-19(11-12-26-21)24-14-16-7-3-1-4-8-16/h1-12H,13-15H2. The van der Waals surface area contributed by atoms with Crippen molar-refractivity contribution in [2.75, 3.05) is 0 Å². The summed E-state index contributed by atoms with van der Waals surface area (Å²) < 4.78 is 10.9. The van der Waals surface area contributed by atoms with Crippen LogP contribution in [0, 0.1) is 0 Å². The van der Waals surface area contributed by atoms with Gasteiger partial charge in [-0.3, -0.25) is 9.59 Å². The summed E-state index contributed by atoms with van der Waals surface area (Å²) in [5.74, 6) is -0.331. The lowest BCUT2D eigenvalue weighted by molar-refractivity contribution is -0.143. The Balaban J connectivity index is 1.53. The van der Waals surface area contributed by atoms with Gasteiger partial charge in [0.1, 0.15) is 30.3 Å². The van der Waals surface area contributed by atoms with Gasteiger partial charge in [0.15, 0.2) is 5.78 Å². The summed E-state index contributed by atoms with van der Waals surface area (Å²) >= 11 is 1.27. The second-order valence-electron chi connectivity index (χ2n) is 5.63. The maximum absolute atomic E-state index is 12.4. The van der Waals surface area contributed by atoms with Crippen LogP contribution in [0.25, 0.3) is 0 Å². The van der Waals surface area contributed by atoms with Crippen LogP contribution in [0.1, 0.15) is 27.2 Å². The molecule has 2 aromatic carbocycles. The van der Waals surface area contributed by atoms with E-state index in [0.717, 1.165) is 11.1 Å². The van der Waals surface area contributed by atoms with Crippen LogP contribution in [0.5, 0.6) is 5.75 Å². The van der Waals surface area contributed by atoms with Gasteiger partial charge in [-0.1, -0.05) is 60.7 Å². The van der Waals surface area contributed by atoms with Gasteiger partial charge in [0.25, 0.3) is 0 Å². The number of ether oxygens (including phenoxy) is 2. The number of esters is 1. The number of hydrogen-bond acceptors (Lipinski definition) is 5. The number of Topliss-reactive ketones (excluding diaryl/α,β-unsaturated/α-hetero) is 1. The predicted octanol–water partition coefficient (Wildman–Crippen LogP) is 4.64. The van der Waals surface area contributed by atoms with Crippen LogP contribution in [-0.4, -0.2) is 11.8 Å². The number of rotatable bonds is 8. The maximum atomic E-state index is 12.4. The predicted molar refractivity (Wildman–Crippen MR) is 100 cm³/mol. The van der Waals surface area contributed by atoms with E-state index in [1.54, 1.807) is 11.4 Å². The van der Waals surface area contributed by atoms with E-state index in [1.165, 1.54) is 11.3 Å². The number of benzene rings is 2. The summed E-state index contributed by atoms with van der Waals surface area (Å²) in [5, 5.41) is 1.78. The third-order valence-electron chi connectivity index (χ3n) is 3.67. The van der Waals surface area contributed by atoms with Gasteiger partial charge in [-0.05, 0) is 22.6 Å². The first kappa shape index (κ1) is 17.9. The van der Waals surface area contributed by atoms with Crippen molar-refractivity contribution >= 4 is 23.1 Å². The zero-order chi connectivity index (χ0) is 18.2. The van der Waals surface area contributed by atoms with E-state index in [2.05, 4.69) is 0 Å². The van der Waals surface area contributed by atoms with Crippen molar-refractivity contribution in [1.82, 2.24) is 0 Å². The van der Waals surface area contributed by atoms with Crippen LogP contribution < -0.4 is 4.74 Å². The minimum atomic E-state index is -0.540. The van der Waals surface area contributed by atoms with Gasteiger partial charge in [0.05, 0.1) is 0 Å². The highest BCUT2D eigenvalue weighted by molar-refractivity contribution is 7.12. The molecular weight excluding hydrogens is 348 g/mol. The highest BCUT2D eigenvalue weighted by atomic mass is 32.1. The lowest BCUT2D eigenvalue weighted by atomic mass is 10.2. The minimum absolute atomic E-state index is 0.161. The van der Waals surface area contributed by atoms with Gasteiger partial charge in [0, 0.05) is 0 Å². The molecule has 0 saturated carbocycles. The topological polar surface area (TPSA) is 52.6 Å². The second kappa shape index (κ2) is 8.97. The number of carbonyl (C=O) groups is 2. The van der Waals surface area contributed by atoms with E-state index in [9.17, 15) is 9.59 Å². The number of carbonyl (C=O) groups excluding carboxylic acids is 2. The molecule has 0 N–H and O–H groups in total. The van der Waals surface area contributed by atoms with Crippen molar-refractivity contribution in [3.8, 4) is 5.75 Å². The number of ketones is 1. The first-order valence-corrected chi connectivity index (χ1v) is 9.07. The van der Waals surface area contributed by atoms with E-state index in [1.807, 2.05) is 60.7 Å². The molecule has 5 heteroatoms. The van der Waals surface area contributed by atoms with Crippen molar-refractivity contribution < 1.29 is 19.1 Å². The molecule has 0 unspecified atom stereocenters. The van der Waals surface area contributed by atoms with Gasteiger partial charge >= 0.3 is 5.97 Å². The van der Waals surface area contributed by atoms with Gasteiger partial charge in [-0.15, -0.1) is 11.3 Å². The Morgan fingerprint density at radius 2 is 1.42 bits per heavy atom. The molecule has 0 amide bonds. The van der Waals surface area contributed by atoms with E-state index >= 15 is 0 Å². The number of thiophene rings is 1. The van der Waals surface area contributed by atoms with Crippen molar-refractivity contribution in [3.63, 3.8) is 0 Å². The van der Waals surface area contributed by atoms with Crippen molar-refractivity contribution in [1.29, 1.82) is 0 Å². The maximum Gasteiger partial charge on any atom is 0.314 e. The monoisotopic (exact) mass is 366 g/mol. The molecule has 0 bridgehead atoms. The van der Waals surface area contributed by atoms with Gasteiger partial charge in [0.2, 0.25) is 0 Å². The van der Waals surface area contributed by atoms with E-state index in [4.69, 9.17) is 9.47 Å². The molecule has 1 aromatic heterocycles. The summed E-state index contributed by atoms with van der Waals surface area (Å²) in [5.41, 5.74) is 1.90. The first-order chi connectivity index (χ1) is 12.7. The highest BCUT2D eigenvalue weighted by Crippen LogP contribution is 2.27. The molecule has 26 heavy (non-hydrogen) atoms. The summed E-state index contributed by atoms with van der Waals surface area (Å²) in [6.45, 7) is 0.533. The fourth-order valence-corrected chi connectivity index (χ4v) is 3.12. The lowest BCUT2D eigenvalue weighted by Crippen LogP contribution is -2.11. The van der Waals surface area contributed by atoms with Crippen molar-refractivity contribution in [2.45, 2.75) is 19.6 Å². The van der Waals surface area contributed by atoms with E-state index in [0.29, 0.717) is 17.2 Å². The molecule has 0 fully saturated rings. The Morgan fingerprint density at radius 1 is 0.808 bits per heavy atom. The third kappa shape index (κ3) is 5.04. The smallest absolute Gasteiger partial charge is 0.314 e. The van der Waals surface area contributed by atoms with Crippen LogP contribution in [0.3, 0.4) is 0 Å². The SMILES string of the molecule is O=C(CC(=O)c1sccc1OCc1ccccc1)OCc1ccccc1. The molecular formula is C21H18O4S. The summed E-state index contributed by atoms with van der Waals surface area (Å²) in [7, 11) is 0. The largest absolute Gasteiger partial charge is 0.487 e. The molecule has 4 nitrogen and oxygen atoms in total. The molecule has 0 atom stereocenters. The minimum Gasteiger partial charge on any atom is -0.487 e. The molecule has 132 valence electrons. The molecule has 0 radical (unpaired) electrons. The number of hydrogen-bond donors (Lipinski definition) is 0. The Labute approximate surface area is 156 Å². The Kier molecular flexibility index (Phi) is 6.17. The molecule has 0 aliphatic carbocycles. The van der Waals surface area contributed by atoms with Crippen LogP contribution in [0.4, 0.5) is 0 Å². The van der Waals surface area contributed by atoms with Gasteiger partial charge < -0.3 is 9.47 Å². The zero-order valence-corrected chi connectivity index (χ0v) is 14.9. The van der Waals surface area contributed by atoms with Crippen LogP contribution in [0.2, 0.25) is 0 Å². The summed E-state index contributed by atoms with van der Waals surface area (Å²) in [6, 6.07) is 20.8. The summed E-state index contributed by atoms with van der Waals surface area (Å²) in [6.07, 6.45) is -0.297. The van der Waals surface area contributed by atoms with Gasteiger partial charge in [-0.2, -0.15) is 0 Å². The fourth-order valence-electron chi connectivity index (χ4n) is 2.35. The van der Waals surface area contributed by atoms with Crippen LogP contribution in [0.15, 0.2) is 72.1 Å². The molecule has 1 heterocycles. The first-order valence-electron chi connectivity index (χ1n) is 8.19. The summed E-state index contributed by atoms with van der Waals surface area (Å²) in [4.78, 5) is 24.8. The molecule has 3 rings (SSSR count). The average Bonchev–Trinajstić information content (AvgIpc) is 3.15. The van der Waals surface area contributed by atoms with E-state index < -0.39 is 5.97 Å². The molecule has 0 aliphatic heterocycles. The van der Waals surface area contributed by atoms with Crippen LogP contribution >= 0.6 is 11.3 Å². The Hall–Kier alpha value is -2.92. The zero-order valence-electron chi connectivity index (χ0n) is 14.1. The molecule has 0 aliphatic rings. The normalized spacial score (nSPS) is 10.3.